The van der Waals surface area contributed by atoms with Gasteiger partial charge in [0.1, 0.15) is 0 Å². The van der Waals surface area contributed by atoms with E-state index in [-0.39, 0.29) is 0 Å². The molecule has 4 heterocycles. The third kappa shape index (κ3) is 5.52. The van der Waals surface area contributed by atoms with Crippen molar-refractivity contribution in [3.05, 3.63) is 231 Å². The van der Waals surface area contributed by atoms with Crippen LogP contribution in [0.25, 0.3) is 116 Å². The first-order valence-corrected chi connectivity index (χ1v) is 21.5. The van der Waals surface area contributed by atoms with Crippen LogP contribution in [0.1, 0.15) is 0 Å². The van der Waals surface area contributed by atoms with Gasteiger partial charge < -0.3 is 13.7 Å². The van der Waals surface area contributed by atoms with Crippen molar-refractivity contribution in [2.24, 2.45) is 0 Å². The summed E-state index contributed by atoms with van der Waals surface area (Å²) in [5.41, 5.74) is 17.6. The zero-order valence-electron chi connectivity index (χ0n) is 34.2. The van der Waals surface area contributed by atoms with Gasteiger partial charge in [0.15, 0.2) is 0 Å². The number of nitrogens with zero attached hydrogens (tertiary/aromatic N) is 4. The quantitative estimate of drug-likeness (QED) is 0.165. The summed E-state index contributed by atoms with van der Waals surface area (Å²) in [6, 6.07) is 79.6. The van der Waals surface area contributed by atoms with E-state index in [4.69, 9.17) is 0 Å². The van der Waals surface area contributed by atoms with Gasteiger partial charge in [-0.1, -0.05) is 127 Å². The second kappa shape index (κ2) is 14.1. The number of benzene rings is 9. The molecule has 13 rings (SSSR count). The number of hydrogen-bond donors (Lipinski definition) is 0. The molecular formula is C59H38N4. The number of pyridine rings is 1. The highest BCUT2D eigenvalue weighted by atomic mass is 15.0. The highest BCUT2D eigenvalue weighted by molar-refractivity contribution is 6.14. The molecule has 4 heteroatoms. The van der Waals surface area contributed by atoms with Gasteiger partial charge in [-0.05, 0) is 113 Å². The summed E-state index contributed by atoms with van der Waals surface area (Å²) in [6.45, 7) is 0. The normalized spacial score (nSPS) is 11.8. The summed E-state index contributed by atoms with van der Waals surface area (Å²) in [6.07, 6.45) is 3.76. The standard InChI is InChI=1S/C59H38N4/c1-3-14-39(15-4-1)49-34-42(43-16-13-33-60-38-43)27-29-56(49)63-55-24-12-9-20-47(55)51-36-41(26-31-59(51)63)40-25-30-57-50(35-40)46-19-7-11-23-54(46)62(57)45-28-32-58-52(37-45)48-21-8-10-22-53(48)61(58)44-17-5-2-6-18-44/h1-38H. The van der Waals surface area contributed by atoms with Gasteiger partial charge in [0, 0.05) is 67.2 Å². The molecular weight excluding hydrogens is 765 g/mol. The van der Waals surface area contributed by atoms with Crippen molar-refractivity contribution in [1.82, 2.24) is 18.7 Å². The van der Waals surface area contributed by atoms with Gasteiger partial charge in [0.05, 0.1) is 38.8 Å². The zero-order valence-corrected chi connectivity index (χ0v) is 34.2. The predicted molar refractivity (Wildman–Crippen MR) is 264 cm³/mol. The van der Waals surface area contributed by atoms with E-state index in [0.717, 1.165) is 28.2 Å². The van der Waals surface area contributed by atoms with E-state index >= 15 is 0 Å². The third-order valence-electron chi connectivity index (χ3n) is 12.9. The Kier molecular flexibility index (Phi) is 7.87. The summed E-state index contributed by atoms with van der Waals surface area (Å²) in [5, 5.41) is 7.41. The van der Waals surface area contributed by atoms with Crippen molar-refractivity contribution in [1.29, 1.82) is 0 Å². The Morgan fingerprint density at radius 2 is 0.730 bits per heavy atom. The molecule has 4 nitrogen and oxygen atoms in total. The fraction of sp³-hybridized carbons (Fsp3) is 0. The molecule has 0 bridgehead atoms. The van der Waals surface area contributed by atoms with Crippen molar-refractivity contribution in [3.63, 3.8) is 0 Å². The van der Waals surface area contributed by atoms with Gasteiger partial charge >= 0.3 is 0 Å². The van der Waals surface area contributed by atoms with Gasteiger partial charge in [0.25, 0.3) is 0 Å². The number of hydrogen-bond acceptors (Lipinski definition) is 1. The Morgan fingerprint density at radius 1 is 0.270 bits per heavy atom. The summed E-state index contributed by atoms with van der Waals surface area (Å²) in [5.74, 6) is 0. The molecule has 13 aromatic rings. The molecule has 0 unspecified atom stereocenters. The van der Waals surface area contributed by atoms with E-state index in [2.05, 4.69) is 231 Å². The van der Waals surface area contributed by atoms with Gasteiger partial charge in [-0.2, -0.15) is 0 Å². The van der Waals surface area contributed by atoms with Crippen molar-refractivity contribution in [2.75, 3.05) is 0 Å². The topological polar surface area (TPSA) is 27.7 Å². The average Bonchev–Trinajstić information content (AvgIpc) is 3.99. The average molecular weight is 803 g/mol. The molecule has 63 heavy (non-hydrogen) atoms. The number of fused-ring (bicyclic) bond motifs is 9. The Labute approximate surface area is 363 Å². The minimum atomic E-state index is 1.10. The SMILES string of the molecule is c1ccc(-c2cc(-c3cccnc3)ccc2-n2c3ccccc3c3cc(-c4ccc5c(c4)c4ccccc4n5-c4ccc5c(c4)c4ccccc4n5-c4ccccc4)ccc32)cc1. The van der Waals surface area contributed by atoms with Gasteiger partial charge in [0.2, 0.25) is 0 Å². The van der Waals surface area contributed by atoms with Crippen molar-refractivity contribution >= 4 is 65.4 Å². The van der Waals surface area contributed by atoms with Crippen LogP contribution in [0.15, 0.2) is 231 Å². The fourth-order valence-corrected chi connectivity index (χ4v) is 10.1. The van der Waals surface area contributed by atoms with Crippen molar-refractivity contribution in [3.8, 4) is 50.4 Å². The smallest absolute Gasteiger partial charge is 0.0542 e. The zero-order chi connectivity index (χ0) is 41.4. The molecule has 4 aromatic heterocycles. The molecule has 0 spiro atoms. The van der Waals surface area contributed by atoms with Gasteiger partial charge in [-0.25, -0.2) is 0 Å². The van der Waals surface area contributed by atoms with Gasteiger partial charge in [-0.3, -0.25) is 4.98 Å². The van der Waals surface area contributed by atoms with E-state index in [1.165, 1.54) is 87.7 Å². The summed E-state index contributed by atoms with van der Waals surface area (Å²) in [4.78, 5) is 4.42. The first-order valence-electron chi connectivity index (χ1n) is 21.5. The first kappa shape index (κ1) is 35.3. The first-order chi connectivity index (χ1) is 31.3. The Balaban J connectivity index is 0.967. The van der Waals surface area contributed by atoms with Crippen LogP contribution in [0.2, 0.25) is 0 Å². The minimum Gasteiger partial charge on any atom is -0.309 e. The molecule has 0 fully saturated rings. The van der Waals surface area contributed by atoms with E-state index < -0.39 is 0 Å². The lowest BCUT2D eigenvalue weighted by Crippen LogP contribution is -1.98. The molecule has 0 aliphatic rings. The van der Waals surface area contributed by atoms with Crippen LogP contribution in [0.5, 0.6) is 0 Å². The van der Waals surface area contributed by atoms with E-state index in [0.29, 0.717) is 0 Å². The van der Waals surface area contributed by atoms with Crippen molar-refractivity contribution in [2.45, 2.75) is 0 Å². The molecule has 0 atom stereocenters. The van der Waals surface area contributed by atoms with Crippen LogP contribution in [0, 0.1) is 0 Å². The lowest BCUT2D eigenvalue weighted by molar-refractivity contribution is 1.17. The second-order valence-corrected chi connectivity index (χ2v) is 16.4. The van der Waals surface area contributed by atoms with Crippen molar-refractivity contribution < 1.29 is 0 Å². The van der Waals surface area contributed by atoms with E-state index in [1.54, 1.807) is 0 Å². The molecule has 294 valence electrons. The second-order valence-electron chi connectivity index (χ2n) is 16.4. The van der Waals surface area contributed by atoms with Crippen LogP contribution in [0.3, 0.4) is 0 Å². The summed E-state index contributed by atoms with van der Waals surface area (Å²) in [7, 11) is 0. The molecule has 9 aromatic carbocycles. The fourth-order valence-electron chi connectivity index (χ4n) is 10.1. The molecule has 0 amide bonds. The van der Waals surface area contributed by atoms with E-state index in [9.17, 15) is 0 Å². The lowest BCUT2D eigenvalue weighted by Gasteiger charge is -2.16. The number of para-hydroxylation sites is 4. The Hall–Kier alpha value is -8.47. The maximum absolute atomic E-state index is 4.42. The maximum atomic E-state index is 4.42. The van der Waals surface area contributed by atoms with Crippen LogP contribution >= 0.6 is 0 Å². The minimum absolute atomic E-state index is 1.10. The molecule has 0 aliphatic heterocycles. The summed E-state index contributed by atoms with van der Waals surface area (Å²) < 4.78 is 7.25. The van der Waals surface area contributed by atoms with Crippen LogP contribution in [-0.2, 0) is 0 Å². The monoisotopic (exact) mass is 802 g/mol. The molecule has 0 saturated heterocycles. The van der Waals surface area contributed by atoms with Crippen LogP contribution in [0.4, 0.5) is 0 Å². The predicted octanol–water partition coefficient (Wildman–Crippen LogP) is 15.4. The lowest BCUT2D eigenvalue weighted by atomic mass is 9.97. The molecule has 0 aliphatic carbocycles. The maximum Gasteiger partial charge on any atom is 0.0542 e. The Bertz CT molecular complexity index is 3890. The summed E-state index contributed by atoms with van der Waals surface area (Å²) >= 11 is 0. The largest absolute Gasteiger partial charge is 0.309 e. The number of aromatic nitrogens is 4. The molecule has 0 radical (unpaired) electrons. The van der Waals surface area contributed by atoms with E-state index in [1.807, 2.05) is 18.5 Å². The number of rotatable bonds is 6. The highest BCUT2D eigenvalue weighted by Crippen LogP contribution is 2.42. The third-order valence-corrected chi connectivity index (χ3v) is 12.9. The van der Waals surface area contributed by atoms with Gasteiger partial charge in [-0.15, -0.1) is 0 Å². The Morgan fingerprint density at radius 3 is 1.35 bits per heavy atom. The highest BCUT2D eigenvalue weighted by Gasteiger charge is 2.20. The van der Waals surface area contributed by atoms with Crippen LogP contribution in [-0.4, -0.2) is 18.7 Å². The van der Waals surface area contributed by atoms with Crippen LogP contribution < -0.4 is 0 Å². The molecule has 0 saturated carbocycles. The molecule has 0 N–H and O–H groups in total.